The number of Topliss-reactive ketones (excluding diaryl/α,β-unsaturated/α-hetero) is 1. The molecule has 8 heteroatoms. The minimum Gasteiger partial charge on any atom is -0.378 e. The van der Waals surface area contributed by atoms with Gasteiger partial charge < -0.3 is 9.64 Å². The van der Waals surface area contributed by atoms with Crippen molar-refractivity contribution in [2.75, 3.05) is 44.3 Å². The zero-order chi connectivity index (χ0) is 23.6. The average Bonchev–Trinajstić information content (AvgIpc) is 2.77. The molecule has 0 amide bonds. The Morgan fingerprint density at radius 2 is 1.79 bits per heavy atom. The minimum atomic E-state index is -4.35. The van der Waals surface area contributed by atoms with Gasteiger partial charge in [0.1, 0.15) is 5.82 Å². The monoisotopic (exact) mass is 459 g/mol. The fourth-order valence-corrected chi connectivity index (χ4v) is 4.38. The Hall–Kier alpha value is -2.71. The summed E-state index contributed by atoms with van der Waals surface area (Å²) in [5.74, 6) is 0.932. The highest BCUT2D eigenvalue weighted by molar-refractivity contribution is 6.04. The number of morpholine rings is 1. The third-order valence-corrected chi connectivity index (χ3v) is 6.02. The molecule has 0 bridgehead atoms. The molecule has 2 aliphatic heterocycles. The van der Waals surface area contributed by atoms with Crippen LogP contribution in [0.15, 0.2) is 48.0 Å². The molecule has 2 aliphatic rings. The normalized spacial score (nSPS) is 20.9. The summed E-state index contributed by atoms with van der Waals surface area (Å²) in [5, 5.41) is 0. The lowest BCUT2D eigenvalue weighted by molar-refractivity contribution is -0.137. The summed E-state index contributed by atoms with van der Waals surface area (Å²) < 4.78 is 44.0. The van der Waals surface area contributed by atoms with E-state index < -0.39 is 17.2 Å². The van der Waals surface area contributed by atoms with Crippen LogP contribution >= 0.6 is 0 Å². The molecular formula is C25H28F3N3O2. The van der Waals surface area contributed by atoms with Crippen molar-refractivity contribution >= 4 is 17.7 Å². The van der Waals surface area contributed by atoms with Gasteiger partial charge in [0.05, 0.1) is 24.5 Å². The first kappa shape index (κ1) is 23.4. The molecular weight excluding hydrogens is 431 g/mol. The maximum Gasteiger partial charge on any atom is 0.416 e. The van der Waals surface area contributed by atoms with Crippen LogP contribution < -0.4 is 4.90 Å². The van der Waals surface area contributed by atoms with Gasteiger partial charge in [-0.15, -0.1) is 0 Å². The number of pyridine rings is 1. The first-order valence-corrected chi connectivity index (χ1v) is 11.1. The first-order valence-electron chi connectivity index (χ1n) is 11.1. The topological polar surface area (TPSA) is 45.7 Å². The van der Waals surface area contributed by atoms with Crippen molar-refractivity contribution in [3.05, 3.63) is 64.9 Å². The number of rotatable bonds is 4. The van der Waals surface area contributed by atoms with Gasteiger partial charge in [0.25, 0.3) is 0 Å². The minimum absolute atomic E-state index is 0.0738. The molecule has 5 nitrogen and oxygen atoms in total. The van der Waals surface area contributed by atoms with E-state index in [1.807, 2.05) is 38.1 Å². The lowest BCUT2D eigenvalue weighted by atomic mass is 9.79. The van der Waals surface area contributed by atoms with Gasteiger partial charge in [-0.3, -0.25) is 9.69 Å². The largest absolute Gasteiger partial charge is 0.416 e. The van der Waals surface area contributed by atoms with Crippen LogP contribution in [0.4, 0.5) is 19.0 Å². The van der Waals surface area contributed by atoms with Gasteiger partial charge in [-0.25, -0.2) is 4.98 Å². The zero-order valence-corrected chi connectivity index (χ0v) is 18.9. The molecule has 4 rings (SSSR count). The molecule has 0 spiro atoms. The molecule has 2 saturated heterocycles. The quantitative estimate of drug-likeness (QED) is 0.633. The van der Waals surface area contributed by atoms with Crippen LogP contribution in [0, 0.1) is 5.41 Å². The fraction of sp³-hybridized carbons (Fsp3) is 0.440. The molecule has 2 fully saturated rings. The SMILES string of the molecule is CC1(C)CN(Cc2ccc(C(F)(F)F)cc2)C/C(=C\c2cccc(N3CCOCC3)n2)C1=O. The molecule has 3 heterocycles. The Labute approximate surface area is 191 Å². The molecule has 2 aromatic rings. The number of hydrogen-bond donors (Lipinski definition) is 0. The van der Waals surface area contributed by atoms with E-state index in [2.05, 4.69) is 9.80 Å². The number of alkyl halides is 3. The first-order chi connectivity index (χ1) is 15.6. The molecule has 1 aromatic heterocycles. The summed E-state index contributed by atoms with van der Waals surface area (Å²) in [7, 11) is 0. The van der Waals surface area contributed by atoms with Crippen molar-refractivity contribution in [2.24, 2.45) is 5.41 Å². The van der Waals surface area contributed by atoms with Gasteiger partial charge in [0, 0.05) is 43.7 Å². The summed E-state index contributed by atoms with van der Waals surface area (Å²) in [6, 6.07) is 11.0. The number of carbonyl (C=O) groups is 1. The van der Waals surface area contributed by atoms with E-state index in [9.17, 15) is 18.0 Å². The second-order valence-electron chi connectivity index (χ2n) is 9.24. The van der Waals surface area contributed by atoms with Crippen molar-refractivity contribution in [2.45, 2.75) is 26.6 Å². The Morgan fingerprint density at radius 1 is 1.09 bits per heavy atom. The number of ether oxygens (including phenoxy) is 1. The van der Waals surface area contributed by atoms with Gasteiger partial charge in [-0.05, 0) is 35.9 Å². The maximum atomic E-state index is 13.1. The number of aromatic nitrogens is 1. The van der Waals surface area contributed by atoms with Crippen molar-refractivity contribution < 1.29 is 22.7 Å². The number of anilines is 1. The van der Waals surface area contributed by atoms with Gasteiger partial charge in [0.2, 0.25) is 0 Å². The molecule has 0 atom stereocenters. The number of benzene rings is 1. The summed E-state index contributed by atoms with van der Waals surface area (Å²) in [6.45, 7) is 8.11. The number of nitrogens with zero attached hydrogens (tertiary/aromatic N) is 3. The van der Waals surface area contributed by atoms with E-state index in [0.29, 0.717) is 38.4 Å². The van der Waals surface area contributed by atoms with Gasteiger partial charge in [-0.2, -0.15) is 13.2 Å². The highest BCUT2D eigenvalue weighted by Gasteiger charge is 2.37. The van der Waals surface area contributed by atoms with Crippen LogP contribution in [-0.4, -0.2) is 55.1 Å². The number of halogens is 3. The molecule has 0 saturated carbocycles. The molecule has 176 valence electrons. The highest BCUT2D eigenvalue weighted by atomic mass is 19.4. The molecule has 0 unspecified atom stereocenters. The molecule has 0 aliphatic carbocycles. The van der Waals surface area contributed by atoms with Crippen LogP contribution in [0.25, 0.3) is 6.08 Å². The third kappa shape index (κ3) is 5.62. The lowest BCUT2D eigenvalue weighted by Crippen LogP contribution is -2.47. The highest BCUT2D eigenvalue weighted by Crippen LogP contribution is 2.32. The molecule has 33 heavy (non-hydrogen) atoms. The third-order valence-electron chi connectivity index (χ3n) is 6.02. The Kier molecular flexibility index (Phi) is 6.59. The maximum absolute atomic E-state index is 13.1. The number of likely N-dealkylation sites (tertiary alicyclic amines) is 1. The summed E-state index contributed by atoms with van der Waals surface area (Å²) >= 11 is 0. The zero-order valence-electron chi connectivity index (χ0n) is 18.9. The molecule has 1 aromatic carbocycles. The van der Waals surface area contributed by atoms with Crippen molar-refractivity contribution in [1.29, 1.82) is 0 Å². The van der Waals surface area contributed by atoms with Crippen molar-refractivity contribution in [3.63, 3.8) is 0 Å². The predicted molar refractivity (Wildman–Crippen MR) is 121 cm³/mol. The number of ketones is 1. The number of hydrogen-bond acceptors (Lipinski definition) is 5. The number of carbonyl (C=O) groups excluding carboxylic acids is 1. The van der Waals surface area contributed by atoms with Gasteiger partial charge in [-0.1, -0.05) is 32.0 Å². The van der Waals surface area contributed by atoms with E-state index in [-0.39, 0.29) is 5.78 Å². The molecule has 0 N–H and O–H groups in total. The fourth-order valence-electron chi connectivity index (χ4n) is 4.38. The number of piperidine rings is 1. The van der Waals surface area contributed by atoms with E-state index in [1.165, 1.54) is 12.1 Å². The Balaban J connectivity index is 1.53. The summed E-state index contributed by atoms with van der Waals surface area (Å²) in [4.78, 5) is 22.1. The van der Waals surface area contributed by atoms with E-state index in [4.69, 9.17) is 9.72 Å². The van der Waals surface area contributed by atoms with Crippen LogP contribution in [0.3, 0.4) is 0 Å². The van der Waals surface area contributed by atoms with Crippen LogP contribution in [-0.2, 0) is 22.3 Å². The van der Waals surface area contributed by atoms with Crippen molar-refractivity contribution in [1.82, 2.24) is 9.88 Å². The van der Waals surface area contributed by atoms with E-state index in [0.717, 1.165) is 42.3 Å². The van der Waals surface area contributed by atoms with Gasteiger partial charge >= 0.3 is 6.18 Å². The molecule has 0 radical (unpaired) electrons. The van der Waals surface area contributed by atoms with Crippen LogP contribution in [0.2, 0.25) is 0 Å². The second kappa shape index (κ2) is 9.27. The van der Waals surface area contributed by atoms with Crippen molar-refractivity contribution in [3.8, 4) is 0 Å². The average molecular weight is 460 g/mol. The Morgan fingerprint density at radius 3 is 2.45 bits per heavy atom. The lowest BCUT2D eigenvalue weighted by Gasteiger charge is -2.38. The smallest absolute Gasteiger partial charge is 0.378 e. The van der Waals surface area contributed by atoms with Gasteiger partial charge in [0.15, 0.2) is 5.78 Å². The summed E-state index contributed by atoms with van der Waals surface area (Å²) in [6.07, 6.45) is -2.51. The van der Waals surface area contributed by atoms with Crippen LogP contribution in [0.1, 0.15) is 30.7 Å². The Bertz CT molecular complexity index is 1030. The van der Waals surface area contributed by atoms with E-state index >= 15 is 0 Å². The van der Waals surface area contributed by atoms with Crippen LogP contribution in [0.5, 0.6) is 0 Å². The standard InChI is InChI=1S/C25H28F3N3O2/c1-24(2)17-30(15-18-6-8-20(9-7-18)25(26,27)28)16-19(23(24)32)14-21-4-3-5-22(29-21)31-10-12-33-13-11-31/h3-9,14H,10-13,15-17H2,1-2H3/b19-14+. The predicted octanol–water partition coefficient (Wildman–Crippen LogP) is 4.43. The summed E-state index contributed by atoms with van der Waals surface area (Å²) in [5.41, 5.74) is 0.893. The second-order valence-corrected chi connectivity index (χ2v) is 9.24. The van der Waals surface area contributed by atoms with E-state index in [1.54, 1.807) is 0 Å².